The fourth-order valence-electron chi connectivity index (χ4n) is 3.11. The summed E-state index contributed by atoms with van der Waals surface area (Å²) in [5, 5.41) is 4.46. The van der Waals surface area contributed by atoms with Crippen LogP contribution in [0.2, 0.25) is 0 Å². The standard InChI is InChI=1S/C21H25N3O3/c1-23(13-16-12-22-24(14-16)18-8-6-5-7-9-18)15-17-10-11-19(25-2)21(27-4)20(17)26-3/h5-12,14H,13,15H2,1-4H3. The van der Waals surface area contributed by atoms with Gasteiger partial charge in [-0.1, -0.05) is 24.3 Å². The summed E-state index contributed by atoms with van der Waals surface area (Å²) < 4.78 is 18.3. The first-order valence-corrected chi connectivity index (χ1v) is 8.71. The second kappa shape index (κ2) is 8.60. The highest BCUT2D eigenvalue weighted by molar-refractivity contribution is 5.55. The molecule has 0 atom stereocenters. The summed E-state index contributed by atoms with van der Waals surface area (Å²) in [5.74, 6) is 1.97. The van der Waals surface area contributed by atoms with Crippen molar-refractivity contribution in [3.63, 3.8) is 0 Å². The lowest BCUT2D eigenvalue weighted by atomic mass is 10.1. The molecule has 0 unspecified atom stereocenters. The fourth-order valence-corrected chi connectivity index (χ4v) is 3.11. The van der Waals surface area contributed by atoms with Gasteiger partial charge in [-0.25, -0.2) is 4.68 Å². The minimum atomic E-state index is 0.614. The van der Waals surface area contributed by atoms with Crippen LogP contribution >= 0.6 is 0 Å². The summed E-state index contributed by atoms with van der Waals surface area (Å²) in [7, 11) is 6.94. The predicted octanol–water partition coefficient (Wildman–Crippen LogP) is 3.53. The maximum absolute atomic E-state index is 5.57. The Balaban J connectivity index is 1.73. The lowest BCUT2D eigenvalue weighted by Crippen LogP contribution is -2.17. The highest BCUT2D eigenvalue weighted by Gasteiger charge is 2.17. The van der Waals surface area contributed by atoms with Crippen LogP contribution in [-0.4, -0.2) is 43.1 Å². The summed E-state index contributed by atoms with van der Waals surface area (Å²) in [4.78, 5) is 2.20. The first-order chi connectivity index (χ1) is 13.2. The molecule has 0 saturated heterocycles. The number of rotatable bonds is 8. The number of benzene rings is 2. The van der Waals surface area contributed by atoms with Crippen LogP contribution in [0.5, 0.6) is 17.2 Å². The highest BCUT2D eigenvalue weighted by atomic mass is 16.5. The van der Waals surface area contributed by atoms with Crippen molar-refractivity contribution in [1.29, 1.82) is 0 Å². The second-order valence-electron chi connectivity index (χ2n) is 6.29. The van der Waals surface area contributed by atoms with Crippen molar-refractivity contribution in [1.82, 2.24) is 14.7 Å². The van der Waals surface area contributed by atoms with Crippen LogP contribution in [0.1, 0.15) is 11.1 Å². The molecule has 0 bridgehead atoms. The van der Waals surface area contributed by atoms with E-state index < -0.39 is 0 Å². The third-order valence-electron chi connectivity index (χ3n) is 4.34. The van der Waals surface area contributed by atoms with Gasteiger partial charge < -0.3 is 14.2 Å². The molecule has 3 aromatic rings. The first-order valence-electron chi connectivity index (χ1n) is 8.71. The van der Waals surface area contributed by atoms with Gasteiger partial charge in [0.15, 0.2) is 11.5 Å². The van der Waals surface area contributed by atoms with E-state index in [0.29, 0.717) is 23.8 Å². The minimum absolute atomic E-state index is 0.614. The number of hydrogen-bond acceptors (Lipinski definition) is 5. The van der Waals surface area contributed by atoms with Crippen molar-refractivity contribution in [3.05, 3.63) is 66.0 Å². The summed E-state index contributed by atoms with van der Waals surface area (Å²) >= 11 is 0. The Kier molecular flexibility index (Phi) is 5.98. The number of nitrogens with zero attached hydrogens (tertiary/aromatic N) is 3. The molecule has 6 nitrogen and oxygen atoms in total. The number of para-hydroxylation sites is 1. The molecule has 1 heterocycles. The third kappa shape index (κ3) is 4.23. The SMILES string of the molecule is COc1ccc(CN(C)Cc2cnn(-c3ccccc3)c2)c(OC)c1OC. The lowest BCUT2D eigenvalue weighted by Gasteiger charge is -2.20. The van der Waals surface area contributed by atoms with E-state index in [2.05, 4.69) is 23.2 Å². The van der Waals surface area contributed by atoms with Crippen molar-refractivity contribution in [2.24, 2.45) is 0 Å². The number of hydrogen-bond donors (Lipinski definition) is 0. The van der Waals surface area contributed by atoms with E-state index in [-0.39, 0.29) is 0 Å². The quantitative estimate of drug-likeness (QED) is 0.610. The van der Waals surface area contributed by atoms with Gasteiger partial charge in [-0.15, -0.1) is 0 Å². The molecule has 0 aliphatic heterocycles. The van der Waals surface area contributed by atoms with Gasteiger partial charge in [-0.05, 0) is 25.2 Å². The molecule has 0 spiro atoms. The molecule has 0 saturated carbocycles. The van der Waals surface area contributed by atoms with Crippen LogP contribution < -0.4 is 14.2 Å². The zero-order chi connectivity index (χ0) is 19.2. The van der Waals surface area contributed by atoms with Gasteiger partial charge in [0.25, 0.3) is 0 Å². The minimum Gasteiger partial charge on any atom is -0.493 e. The molecule has 2 aromatic carbocycles. The van der Waals surface area contributed by atoms with Gasteiger partial charge in [0.05, 0.1) is 33.2 Å². The van der Waals surface area contributed by atoms with E-state index in [4.69, 9.17) is 14.2 Å². The average Bonchev–Trinajstić information content (AvgIpc) is 3.16. The molecule has 0 fully saturated rings. The average molecular weight is 367 g/mol. The molecule has 0 aliphatic rings. The van der Waals surface area contributed by atoms with Gasteiger partial charge in [0, 0.05) is 30.4 Å². The van der Waals surface area contributed by atoms with Crippen molar-refractivity contribution < 1.29 is 14.2 Å². The number of methoxy groups -OCH3 is 3. The molecule has 0 N–H and O–H groups in total. The Morgan fingerprint density at radius 2 is 1.63 bits per heavy atom. The van der Waals surface area contributed by atoms with E-state index in [0.717, 1.165) is 23.4 Å². The largest absolute Gasteiger partial charge is 0.493 e. The van der Waals surface area contributed by atoms with E-state index in [1.54, 1.807) is 21.3 Å². The molecule has 0 aliphatic carbocycles. The van der Waals surface area contributed by atoms with Crippen LogP contribution in [0, 0.1) is 0 Å². The predicted molar refractivity (Wildman–Crippen MR) is 105 cm³/mol. The monoisotopic (exact) mass is 367 g/mol. The molecule has 3 rings (SSSR count). The van der Waals surface area contributed by atoms with Crippen LogP contribution in [0.4, 0.5) is 0 Å². The highest BCUT2D eigenvalue weighted by Crippen LogP contribution is 2.40. The Hall–Kier alpha value is -2.99. The van der Waals surface area contributed by atoms with Crippen molar-refractivity contribution in [2.45, 2.75) is 13.1 Å². The first kappa shape index (κ1) is 18.8. The van der Waals surface area contributed by atoms with Gasteiger partial charge >= 0.3 is 0 Å². The van der Waals surface area contributed by atoms with Gasteiger partial charge in [0.2, 0.25) is 5.75 Å². The molecular formula is C21H25N3O3. The Labute approximate surface area is 159 Å². The van der Waals surface area contributed by atoms with E-state index in [9.17, 15) is 0 Å². The van der Waals surface area contributed by atoms with Crippen molar-refractivity contribution >= 4 is 0 Å². The molecule has 27 heavy (non-hydrogen) atoms. The van der Waals surface area contributed by atoms with Gasteiger partial charge in [-0.3, -0.25) is 4.90 Å². The van der Waals surface area contributed by atoms with Gasteiger partial charge in [-0.2, -0.15) is 5.10 Å². The van der Waals surface area contributed by atoms with E-state index in [1.165, 1.54) is 0 Å². The zero-order valence-corrected chi connectivity index (χ0v) is 16.2. The Bertz CT molecular complexity index is 878. The molecule has 0 radical (unpaired) electrons. The van der Waals surface area contributed by atoms with Crippen LogP contribution in [-0.2, 0) is 13.1 Å². The number of aromatic nitrogens is 2. The van der Waals surface area contributed by atoms with E-state index >= 15 is 0 Å². The lowest BCUT2D eigenvalue weighted by molar-refractivity contribution is 0.296. The molecule has 6 heteroatoms. The van der Waals surface area contributed by atoms with E-state index in [1.807, 2.05) is 53.3 Å². The zero-order valence-electron chi connectivity index (χ0n) is 16.2. The maximum Gasteiger partial charge on any atom is 0.203 e. The second-order valence-corrected chi connectivity index (χ2v) is 6.29. The number of ether oxygens (including phenoxy) is 3. The normalized spacial score (nSPS) is 10.9. The fraction of sp³-hybridized carbons (Fsp3) is 0.286. The molecule has 142 valence electrons. The Morgan fingerprint density at radius 3 is 2.30 bits per heavy atom. The maximum atomic E-state index is 5.57. The summed E-state index contributed by atoms with van der Waals surface area (Å²) in [6.45, 7) is 1.48. The topological polar surface area (TPSA) is 48.8 Å². The molecule has 0 amide bonds. The summed E-state index contributed by atoms with van der Waals surface area (Å²) in [6.07, 6.45) is 3.95. The Morgan fingerprint density at radius 1 is 0.889 bits per heavy atom. The summed E-state index contributed by atoms with van der Waals surface area (Å²) in [6, 6.07) is 14.0. The van der Waals surface area contributed by atoms with Crippen molar-refractivity contribution in [2.75, 3.05) is 28.4 Å². The molecule has 1 aromatic heterocycles. The smallest absolute Gasteiger partial charge is 0.203 e. The van der Waals surface area contributed by atoms with Crippen LogP contribution in [0.25, 0.3) is 5.69 Å². The van der Waals surface area contributed by atoms with Gasteiger partial charge in [0.1, 0.15) is 0 Å². The van der Waals surface area contributed by atoms with Crippen LogP contribution in [0.3, 0.4) is 0 Å². The van der Waals surface area contributed by atoms with Crippen molar-refractivity contribution in [3.8, 4) is 22.9 Å². The molecular weight excluding hydrogens is 342 g/mol. The summed E-state index contributed by atoms with van der Waals surface area (Å²) in [5.41, 5.74) is 3.22. The van der Waals surface area contributed by atoms with Crippen LogP contribution in [0.15, 0.2) is 54.9 Å². The third-order valence-corrected chi connectivity index (χ3v) is 4.34.